The fraction of sp³-hybridized carbons (Fsp3) is 0.192. The third-order valence-electron chi connectivity index (χ3n) is 5.71. The maximum atomic E-state index is 15.2. The minimum atomic E-state index is -6.57. The first-order valence-corrected chi connectivity index (χ1v) is 11.9. The van der Waals surface area contributed by atoms with Crippen LogP contribution < -0.4 is 10.1 Å². The Kier molecular flexibility index (Phi) is 9.25. The van der Waals surface area contributed by atoms with Crippen molar-refractivity contribution in [1.29, 1.82) is 5.26 Å². The molecule has 0 aliphatic heterocycles. The van der Waals surface area contributed by atoms with E-state index in [1.165, 1.54) is 24.3 Å². The highest BCUT2D eigenvalue weighted by molar-refractivity contribution is 9.10. The number of alkyl halides is 9. The van der Waals surface area contributed by atoms with Crippen molar-refractivity contribution in [2.75, 3.05) is 5.32 Å². The standard InChI is InChI=1S/C26H13BrF10N2O3/c27-17-8-14(24(31,25(32,33)34)26(35,36)37)9-20(42-23(29)30)16(17)10-19(40)15-2-1-3-18(21(15)28)39-22(41)13-6-4-12(11-38)5-7-13/h1-9,23H,10H2,(H,39,41). The van der Waals surface area contributed by atoms with Gasteiger partial charge in [-0.1, -0.05) is 22.0 Å². The third kappa shape index (κ3) is 6.51. The van der Waals surface area contributed by atoms with Gasteiger partial charge in [0, 0.05) is 27.6 Å². The third-order valence-corrected chi connectivity index (χ3v) is 6.42. The van der Waals surface area contributed by atoms with Crippen molar-refractivity contribution in [3.63, 3.8) is 0 Å². The van der Waals surface area contributed by atoms with E-state index in [-0.39, 0.29) is 23.3 Å². The largest absolute Gasteiger partial charge is 0.435 e. The molecule has 222 valence electrons. The van der Waals surface area contributed by atoms with Crippen molar-refractivity contribution in [2.24, 2.45) is 0 Å². The highest BCUT2D eigenvalue weighted by Crippen LogP contribution is 2.54. The second-order valence-electron chi connectivity index (χ2n) is 8.38. The van der Waals surface area contributed by atoms with Crippen LogP contribution in [-0.4, -0.2) is 30.7 Å². The zero-order valence-corrected chi connectivity index (χ0v) is 21.9. The molecule has 1 N–H and O–H groups in total. The Labute approximate surface area is 237 Å². The zero-order chi connectivity index (χ0) is 31.6. The molecule has 5 nitrogen and oxygen atoms in total. The minimum Gasteiger partial charge on any atom is -0.434 e. The fourth-order valence-corrected chi connectivity index (χ4v) is 4.24. The Morgan fingerprint density at radius 3 is 2.07 bits per heavy atom. The number of hydrogen-bond acceptors (Lipinski definition) is 4. The molecule has 0 aromatic heterocycles. The second kappa shape index (κ2) is 12.0. The Morgan fingerprint density at radius 1 is 0.952 bits per heavy atom. The number of nitrogens with zero attached hydrogens (tertiary/aromatic N) is 1. The lowest BCUT2D eigenvalue weighted by Gasteiger charge is -2.31. The number of hydrogen-bond donors (Lipinski definition) is 1. The molecule has 3 aromatic rings. The van der Waals surface area contributed by atoms with Gasteiger partial charge in [-0.05, 0) is 48.5 Å². The molecule has 0 bridgehead atoms. The first-order chi connectivity index (χ1) is 19.4. The maximum Gasteiger partial charge on any atom is 0.435 e. The van der Waals surface area contributed by atoms with Crippen LogP contribution in [0.1, 0.15) is 37.4 Å². The predicted molar refractivity (Wildman–Crippen MR) is 129 cm³/mol. The molecule has 3 rings (SSSR count). The van der Waals surface area contributed by atoms with Gasteiger partial charge in [0.2, 0.25) is 0 Å². The molecule has 16 heteroatoms. The summed E-state index contributed by atoms with van der Waals surface area (Å²) in [4.78, 5) is 25.4. The van der Waals surface area contributed by atoms with Gasteiger partial charge in [0.25, 0.3) is 5.91 Å². The minimum absolute atomic E-state index is 0.00425. The van der Waals surface area contributed by atoms with Crippen LogP contribution in [0.2, 0.25) is 0 Å². The van der Waals surface area contributed by atoms with E-state index in [1.54, 1.807) is 0 Å². The second-order valence-corrected chi connectivity index (χ2v) is 9.23. The van der Waals surface area contributed by atoms with Crippen LogP contribution in [0.15, 0.2) is 59.1 Å². The number of Topliss-reactive ketones (excluding diaryl/α,β-unsaturated/α-hetero) is 1. The number of ether oxygens (including phenoxy) is 1. The van der Waals surface area contributed by atoms with Crippen molar-refractivity contribution in [3.8, 4) is 11.8 Å². The van der Waals surface area contributed by atoms with Crippen molar-refractivity contribution in [1.82, 2.24) is 0 Å². The first-order valence-electron chi connectivity index (χ1n) is 11.1. The smallest absolute Gasteiger partial charge is 0.434 e. The van der Waals surface area contributed by atoms with Crippen molar-refractivity contribution >= 4 is 33.3 Å². The van der Waals surface area contributed by atoms with E-state index in [1.807, 2.05) is 6.07 Å². The van der Waals surface area contributed by atoms with E-state index < -0.39 is 81.2 Å². The number of halogens is 11. The van der Waals surface area contributed by atoms with Crippen LogP contribution in [0.4, 0.5) is 49.6 Å². The molecule has 1 amide bonds. The monoisotopic (exact) mass is 670 g/mol. The normalized spacial score (nSPS) is 12.2. The molecule has 0 spiro atoms. The lowest BCUT2D eigenvalue weighted by atomic mass is 9.91. The first kappa shape index (κ1) is 32.4. The summed E-state index contributed by atoms with van der Waals surface area (Å²) in [5.41, 5.74) is -9.96. The highest BCUT2D eigenvalue weighted by atomic mass is 79.9. The molecule has 0 saturated heterocycles. The predicted octanol–water partition coefficient (Wildman–Crippen LogP) is 8.03. The van der Waals surface area contributed by atoms with Gasteiger partial charge in [0.1, 0.15) is 5.75 Å². The van der Waals surface area contributed by atoms with Gasteiger partial charge in [0.05, 0.1) is 22.9 Å². The van der Waals surface area contributed by atoms with Crippen LogP contribution in [0.5, 0.6) is 5.75 Å². The van der Waals surface area contributed by atoms with E-state index in [4.69, 9.17) is 5.26 Å². The number of nitrogens with one attached hydrogen (secondary N) is 1. The Hall–Kier alpha value is -4.13. The van der Waals surface area contributed by atoms with Crippen LogP contribution in [0.25, 0.3) is 0 Å². The maximum absolute atomic E-state index is 15.2. The molecular formula is C26H13BrF10N2O3. The van der Waals surface area contributed by atoms with Gasteiger partial charge in [-0.3, -0.25) is 9.59 Å². The van der Waals surface area contributed by atoms with E-state index in [0.29, 0.717) is 0 Å². The van der Waals surface area contributed by atoms with Gasteiger partial charge in [-0.25, -0.2) is 8.78 Å². The molecule has 0 aliphatic rings. The Balaban J connectivity index is 1.99. The Morgan fingerprint density at radius 2 is 1.55 bits per heavy atom. The van der Waals surface area contributed by atoms with E-state index >= 15 is 4.39 Å². The van der Waals surface area contributed by atoms with E-state index in [9.17, 15) is 49.1 Å². The summed E-state index contributed by atoms with van der Waals surface area (Å²) >= 11 is 2.57. The Bertz CT molecular complexity index is 1530. The quantitative estimate of drug-likeness (QED) is 0.194. The van der Waals surface area contributed by atoms with E-state index in [0.717, 1.165) is 18.2 Å². The number of carbonyl (C=O) groups excluding carboxylic acids is 2. The summed E-state index contributed by atoms with van der Waals surface area (Å²) in [6, 6.07) is 9.77. The van der Waals surface area contributed by atoms with Crippen molar-refractivity contribution < 1.29 is 58.2 Å². The van der Waals surface area contributed by atoms with Crippen molar-refractivity contribution in [2.45, 2.75) is 31.1 Å². The molecule has 0 saturated carbocycles. The number of benzene rings is 3. The number of anilines is 1. The van der Waals surface area contributed by atoms with Crippen LogP contribution in [0.3, 0.4) is 0 Å². The highest BCUT2D eigenvalue weighted by Gasteiger charge is 2.73. The SMILES string of the molecule is N#Cc1ccc(C(=O)Nc2cccc(C(=O)Cc3c(Br)cc(C(F)(C(F)(F)F)C(F)(F)F)cc3OC(F)F)c2F)cc1. The lowest BCUT2D eigenvalue weighted by molar-refractivity contribution is -0.348. The summed E-state index contributed by atoms with van der Waals surface area (Å²) in [7, 11) is 0. The van der Waals surface area contributed by atoms with Crippen molar-refractivity contribution in [3.05, 3.63) is 92.7 Å². The van der Waals surface area contributed by atoms with E-state index in [2.05, 4.69) is 26.0 Å². The van der Waals surface area contributed by atoms with Crippen LogP contribution in [-0.2, 0) is 12.1 Å². The molecular weight excluding hydrogens is 658 g/mol. The number of rotatable bonds is 8. The number of amides is 1. The summed E-state index contributed by atoms with van der Waals surface area (Å²) in [6.45, 7) is -3.83. The zero-order valence-electron chi connectivity index (χ0n) is 20.3. The van der Waals surface area contributed by atoms with Gasteiger partial charge in [-0.2, -0.15) is 40.4 Å². The molecule has 0 aliphatic carbocycles. The molecule has 0 fully saturated rings. The number of nitriles is 1. The van der Waals surface area contributed by atoms with Gasteiger partial charge in [-0.15, -0.1) is 0 Å². The lowest BCUT2D eigenvalue weighted by Crippen LogP contribution is -2.50. The van der Waals surface area contributed by atoms with Gasteiger partial charge in [0.15, 0.2) is 11.6 Å². The summed E-state index contributed by atoms with van der Waals surface area (Å²) in [5.74, 6) is -4.81. The molecule has 0 unspecified atom stereocenters. The molecule has 42 heavy (non-hydrogen) atoms. The summed E-state index contributed by atoms with van der Waals surface area (Å²) in [5, 5.41) is 11.0. The fourth-order valence-electron chi connectivity index (χ4n) is 3.66. The average Bonchev–Trinajstić information content (AvgIpc) is 2.89. The topological polar surface area (TPSA) is 79.2 Å². The number of carbonyl (C=O) groups is 2. The average molecular weight is 671 g/mol. The van der Waals surface area contributed by atoms with Crippen LogP contribution in [0, 0.1) is 17.1 Å². The van der Waals surface area contributed by atoms with Crippen LogP contribution >= 0.6 is 15.9 Å². The number of ketones is 1. The summed E-state index contributed by atoms with van der Waals surface area (Å²) in [6.07, 6.45) is -14.3. The van der Waals surface area contributed by atoms with Gasteiger partial charge >= 0.3 is 24.6 Å². The van der Waals surface area contributed by atoms with Gasteiger partial charge < -0.3 is 10.1 Å². The summed E-state index contributed by atoms with van der Waals surface area (Å²) < 4.78 is 138. The molecule has 0 radical (unpaired) electrons. The molecule has 0 heterocycles. The molecule has 3 aromatic carbocycles. The molecule has 0 atom stereocenters.